The number of piperidine rings is 1. The number of hydrogen-bond acceptors (Lipinski definition) is 2. The highest BCUT2D eigenvalue weighted by Crippen LogP contribution is 2.16. The lowest BCUT2D eigenvalue weighted by Gasteiger charge is -2.31. The zero-order valence-electron chi connectivity index (χ0n) is 7.64. The van der Waals surface area contributed by atoms with Crippen LogP contribution in [0.15, 0.2) is 0 Å². The minimum atomic E-state index is -0.154. The largest absolute Gasteiger partial charge is 0.330 e. The van der Waals surface area contributed by atoms with Crippen LogP contribution in [-0.2, 0) is 0 Å². The molecular formula is C9H19FN2. The normalized spacial score (nSPS) is 26.0. The fraction of sp³-hybridized carbons (Fsp3) is 1.00. The van der Waals surface area contributed by atoms with E-state index in [1.54, 1.807) is 0 Å². The summed E-state index contributed by atoms with van der Waals surface area (Å²) in [6.07, 6.45) is 3.26. The Kier molecular flexibility index (Phi) is 4.54. The number of likely N-dealkylation sites (tertiary alicyclic amines) is 1. The number of nitrogens with zero attached hydrogens (tertiary/aromatic N) is 1. The molecule has 12 heavy (non-hydrogen) atoms. The molecule has 0 aliphatic carbocycles. The summed E-state index contributed by atoms with van der Waals surface area (Å²) in [6.45, 7) is 3.72. The van der Waals surface area contributed by atoms with Gasteiger partial charge >= 0.3 is 0 Å². The smallest absolute Gasteiger partial charge is 0.0934 e. The minimum Gasteiger partial charge on any atom is -0.330 e. The predicted molar refractivity (Wildman–Crippen MR) is 48.8 cm³/mol. The molecule has 1 rings (SSSR count). The second kappa shape index (κ2) is 5.49. The Morgan fingerprint density at radius 3 is 3.00 bits per heavy atom. The van der Waals surface area contributed by atoms with Crippen molar-refractivity contribution in [2.24, 2.45) is 11.7 Å². The van der Waals surface area contributed by atoms with Crippen molar-refractivity contribution >= 4 is 0 Å². The minimum absolute atomic E-state index is 0.154. The first-order valence-electron chi connectivity index (χ1n) is 4.85. The summed E-state index contributed by atoms with van der Waals surface area (Å²) in [5.41, 5.74) is 5.41. The van der Waals surface area contributed by atoms with E-state index in [1.807, 2.05) is 0 Å². The highest BCUT2D eigenvalue weighted by Gasteiger charge is 2.18. The molecule has 1 fully saturated rings. The Hall–Kier alpha value is -0.150. The maximum absolute atomic E-state index is 12.3. The van der Waals surface area contributed by atoms with E-state index in [0.717, 1.165) is 45.4 Å². The van der Waals surface area contributed by atoms with Crippen LogP contribution >= 0.6 is 0 Å². The standard InChI is InChI=1S/C9H19FN2/c10-7-9-3-1-5-12(8-9)6-2-4-11/h9H,1-8,11H2/t9-/m0/s1. The molecule has 1 aliphatic heterocycles. The lowest BCUT2D eigenvalue weighted by molar-refractivity contribution is 0.153. The zero-order chi connectivity index (χ0) is 8.81. The first kappa shape index (κ1) is 9.93. The molecule has 0 bridgehead atoms. The van der Waals surface area contributed by atoms with E-state index in [2.05, 4.69) is 4.90 Å². The van der Waals surface area contributed by atoms with Gasteiger partial charge in [-0.25, -0.2) is 0 Å². The summed E-state index contributed by atoms with van der Waals surface area (Å²) >= 11 is 0. The van der Waals surface area contributed by atoms with E-state index in [4.69, 9.17) is 5.73 Å². The second-order valence-electron chi connectivity index (χ2n) is 3.61. The molecule has 0 unspecified atom stereocenters. The van der Waals surface area contributed by atoms with Crippen LogP contribution in [0.3, 0.4) is 0 Å². The third kappa shape index (κ3) is 3.07. The molecule has 1 atom stereocenters. The van der Waals surface area contributed by atoms with E-state index < -0.39 is 0 Å². The van der Waals surface area contributed by atoms with Gasteiger partial charge in [0.05, 0.1) is 6.67 Å². The third-order valence-corrected chi connectivity index (χ3v) is 2.50. The molecule has 0 saturated carbocycles. The Labute approximate surface area is 73.9 Å². The van der Waals surface area contributed by atoms with Gasteiger partial charge in [-0.1, -0.05) is 0 Å². The first-order chi connectivity index (χ1) is 5.86. The highest BCUT2D eigenvalue weighted by molar-refractivity contribution is 4.72. The monoisotopic (exact) mass is 174 g/mol. The van der Waals surface area contributed by atoms with Gasteiger partial charge in [0.2, 0.25) is 0 Å². The lowest BCUT2D eigenvalue weighted by Crippen LogP contribution is -2.37. The van der Waals surface area contributed by atoms with E-state index in [9.17, 15) is 4.39 Å². The number of alkyl halides is 1. The van der Waals surface area contributed by atoms with Gasteiger partial charge < -0.3 is 10.6 Å². The first-order valence-corrected chi connectivity index (χ1v) is 4.85. The third-order valence-electron chi connectivity index (χ3n) is 2.50. The summed E-state index contributed by atoms with van der Waals surface area (Å²) in [4.78, 5) is 2.33. The van der Waals surface area contributed by atoms with Gasteiger partial charge in [0.25, 0.3) is 0 Å². The van der Waals surface area contributed by atoms with Crippen molar-refractivity contribution in [2.45, 2.75) is 19.3 Å². The van der Waals surface area contributed by atoms with Crippen LogP contribution in [0.5, 0.6) is 0 Å². The summed E-state index contributed by atoms with van der Waals surface area (Å²) in [5, 5.41) is 0. The Morgan fingerprint density at radius 2 is 2.33 bits per heavy atom. The molecule has 0 spiro atoms. The van der Waals surface area contributed by atoms with Crippen molar-refractivity contribution in [3.05, 3.63) is 0 Å². The molecule has 3 heteroatoms. The van der Waals surface area contributed by atoms with E-state index in [-0.39, 0.29) is 12.6 Å². The van der Waals surface area contributed by atoms with Crippen LogP contribution in [0.2, 0.25) is 0 Å². The Bertz CT molecular complexity index is 119. The van der Waals surface area contributed by atoms with Crippen molar-refractivity contribution < 1.29 is 4.39 Å². The Balaban J connectivity index is 2.16. The van der Waals surface area contributed by atoms with Crippen LogP contribution < -0.4 is 5.73 Å². The molecule has 2 N–H and O–H groups in total. The predicted octanol–water partition coefficient (Wildman–Crippen LogP) is 1.02. The molecule has 0 aromatic rings. The topological polar surface area (TPSA) is 29.3 Å². The van der Waals surface area contributed by atoms with Gasteiger partial charge in [0, 0.05) is 12.5 Å². The van der Waals surface area contributed by atoms with Gasteiger partial charge in [-0.2, -0.15) is 0 Å². The number of halogens is 1. The summed E-state index contributed by atoms with van der Waals surface area (Å²) in [7, 11) is 0. The van der Waals surface area contributed by atoms with Crippen LogP contribution in [0.4, 0.5) is 4.39 Å². The molecule has 1 heterocycles. The van der Waals surface area contributed by atoms with Crippen molar-refractivity contribution in [3.63, 3.8) is 0 Å². The lowest BCUT2D eigenvalue weighted by atomic mass is 9.99. The van der Waals surface area contributed by atoms with E-state index in [1.165, 1.54) is 0 Å². The summed E-state index contributed by atoms with van der Waals surface area (Å²) in [5.74, 6) is 0.288. The van der Waals surface area contributed by atoms with E-state index >= 15 is 0 Å². The van der Waals surface area contributed by atoms with Crippen molar-refractivity contribution in [1.82, 2.24) is 4.90 Å². The fourth-order valence-corrected chi connectivity index (χ4v) is 1.80. The van der Waals surface area contributed by atoms with Crippen LogP contribution in [-0.4, -0.2) is 37.8 Å². The molecule has 0 aromatic carbocycles. The fourth-order valence-electron chi connectivity index (χ4n) is 1.80. The van der Waals surface area contributed by atoms with Crippen molar-refractivity contribution in [1.29, 1.82) is 0 Å². The van der Waals surface area contributed by atoms with Gasteiger partial charge in [0.1, 0.15) is 0 Å². The SMILES string of the molecule is NCCCN1CCC[C@@H](CF)C1. The van der Waals surface area contributed by atoms with Gasteiger partial charge in [-0.05, 0) is 38.9 Å². The van der Waals surface area contributed by atoms with Crippen LogP contribution in [0, 0.1) is 5.92 Å². The van der Waals surface area contributed by atoms with E-state index in [0.29, 0.717) is 0 Å². The molecule has 0 amide bonds. The molecule has 0 aromatic heterocycles. The molecule has 2 nitrogen and oxygen atoms in total. The van der Waals surface area contributed by atoms with Gasteiger partial charge in [-0.3, -0.25) is 4.39 Å². The number of hydrogen-bond donors (Lipinski definition) is 1. The van der Waals surface area contributed by atoms with Crippen LogP contribution in [0.25, 0.3) is 0 Å². The van der Waals surface area contributed by atoms with Gasteiger partial charge in [0.15, 0.2) is 0 Å². The molecule has 1 aliphatic rings. The molecule has 72 valence electrons. The Morgan fingerprint density at radius 1 is 1.50 bits per heavy atom. The highest BCUT2D eigenvalue weighted by atomic mass is 19.1. The maximum Gasteiger partial charge on any atom is 0.0934 e. The number of rotatable bonds is 4. The molecule has 0 radical (unpaired) electrons. The van der Waals surface area contributed by atoms with Gasteiger partial charge in [-0.15, -0.1) is 0 Å². The summed E-state index contributed by atoms with van der Waals surface area (Å²) in [6, 6.07) is 0. The quantitative estimate of drug-likeness (QED) is 0.689. The summed E-state index contributed by atoms with van der Waals surface area (Å²) < 4.78 is 12.3. The molecular weight excluding hydrogens is 155 g/mol. The zero-order valence-corrected chi connectivity index (χ0v) is 7.64. The maximum atomic E-state index is 12.3. The second-order valence-corrected chi connectivity index (χ2v) is 3.61. The van der Waals surface area contributed by atoms with Crippen molar-refractivity contribution in [2.75, 3.05) is 32.9 Å². The average molecular weight is 174 g/mol. The molecule has 1 saturated heterocycles. The van der Waals surface area contributed by atoms with Crippen molar-refractivity contribution in [3.8, 4) is 0 Å². The van der Waals surface area contributed by atoms with Crippen LogP contribution in [0.1, 0.15) is 19.3 Å². The number of nitrogens with two attached hydrogens (primary N) is 1. The average Bonchev–Trinajstić information content (AvgIpc) is 2.15.